The number of benzene rings is 3. The molecule has 1 N–H and O–H groups in total. The van der Waals surface area contributed by atoms with Crippen LogP contribution in [0, 0.1) is 0 Å². The summed E-state index contributed by atoms with van der Waals surface area (Å²) in [7, 11) is 0. The topological polar surface area (TPSA) is 72.5 Å². The molecule has 0 heterocycles. The number of hydrogen-bond acceptors (Lipinski definition) is 5. The molecule has 0 aliphatic heterocycles. The molecule has 3 aromatic carbocycles. The van der Waals surface area contributed by atoms with Gasteiger partial charge in [-0.15, -0.1) is 11.8 Å². The number of ketones is 1. The predicted octanol–water partition coefficient (Wildman–Crippen LogP) is 4.83. The van der Waals surface area contributed by atoms with Crippen LogP contribution in [-0.2, 0) is 14.3 Å². The first-order chi connectivity index (χ1) is 14.5. The molecule has 3 aromatic rings. The highest BCUT2D eigenvalue weighted by Gasteiger charge is 2.15. The quantitative estimate of drug-likeness (QED) is 0.418. The third kappa shape index (κ3) is 6.06. The van der Waals surface area contributed by atoms with E-state index >= 15 is 0 Å². The summed E-state index contributed by atoms with van der Waals surface area (Å²) in [5.41, 5.74) is 3.09. The molecule has 3 rings (SSSR count). The van der Waals surface area contributed by atoms with Crippen molar-refractivity contribution in [3.8, 4) is 11.1 Å². The number of thioether (sulfide) groups is 1. The lowest BCUT2D eigenvalue weighted by Gasteiger charge is -2.10. The van der Waals surface area contributed by atoms with Gasteiger partial charge in [0.1, 0.15) is 5.78 Å². The standard InChI is InChI=1S/C24H21NO4S/c1-17(26)16-30-22-10-6-5-9-21(22)24(28)29-15-23(27)25-20-13-11-19(12-14-20)18-7-3-2-4-8-18/h2-14H,15-16H2,1H3,(H,25,27). The van der Waals surface area contributed by atoms with Crippen molar-refractivity contribution < 1.29 is 19.1 Å². The number of Topliss-reactive ketones (excluding diaryl/α,β-unsaturated/α-hetero) is 1. The first-order valence-corrected chi connectivity index (χ1v) is 10.4. The highest BCUT2D eigenvalue weighted by Crippen LogP contribution is 2.24. The van der Waals surface area contributed by atoms with Crippen molar-refractivity contribution >= 4 is 35.1 Å². The van der Waals surface area contributed by atoms with Crippen LogP contribution in [0.1, 0.15) is 17.3 Å². The van der Waals surface area contributed by atoms with E-state index < -0.39 is 18.5 Å². The van der Waals surface area contributed by atoms with Crippen molar-refractivity contribution in [2.45, 2.75) is 11.8 Å². The van der Waals surface area contributed by atoms with Gasteiger partial charge in [-0.2, -0.15) is 0 Å². The number of ether oxygens (including phenoxy) is 1. The Balaban J connectivity index is 1.55. The number of amides is 1. The molecule has 30 heavy (non-hydrogen) atoms. The van der Waals surface area contributed by atoms with Gasteiger partial charge < -0.3 is 10.1 Å². The molecule has 0 aliphatic carbocycles. The van der Waals surface area contributed by atoms with Gasteiger partial charge in [-0.05, 0) is 42.3 Å². The maximum atomic E-state index is 12.4. The van der Waals surface area contributed by atoms with Gasteiger partial charge in [0.15, 0.2) is 6.61 Å². The molecule has 1 amide bonds. The van der Waals surface area contributed by atoms with Crippen LogP contribution in [0.25, 0.3) is 11.1 Å². The van der Waals surface area contributed by atoms with Crippen molar-refractivity contribution in [2.75, 3.05) is 17.7 Å². The van der Waals surface area contributed by atoms with E-state index in [0.29, 0.717) is 16.1 Å². The molecule has 0 aromatic heterocycles. The zero-order valence-corrected chi connectivity index (χ0v) is 17.3. The lowest BCUT2D eigenvalue weighted by Crippen LogP contribution is -2.21. The average molecular weight is 420 g/mol. The number of rotatable bonds is 8. The molecular formula is C24H21NO4S. The Labute approximate surface area is 179 Å². The van der Waals surface area contributed by atoms with Crippen LogP contribution in [0.15, 0.2) is 83.8 Å². The largest absolute Gasteiger partial charge is 0.452 e. The second-order valence-electron chi connectivity index (χ2n) is 6.55. The summed E-state index contributed by atoms with van der Waals surface area (Å²) in [6.07, 6.45) is 0. The van der Waals surface area contributed by atoms with Crippen LogP contribution < -0.4 is 5.32 Å². The summed E-state index contributed by atoms with van der Waals surface area (Å²) in [6, 6.07) is 24.2. The first kappa shape index (κ1) is 21.3. The van der Waals surface area contributed by atoms with Gasteiger partial charge in [-0.25, -0.2) is 4.79 Å². The molecular weight excluding hydrogens is 398 g/mol. The zero-order chi connectivity index (χ0) is 21.3. The fourth-order valence-corrected chi connectivity index (χ4v) is 3.56. The zero-order valence-electron chi connectivity index (χ0n) is 16.5. The van der Waals surface area contributed by atoms with E-state index in [0.717, 1.165) is 11.1 Å². The van der Waals surface area contributed by atoms with Gasteiger partial charge in [0.05, 0.1) is 11.3 Å². The Morgan fingerprint density at radius 2 is 1.47 bits per heavy atom. The van der Waals surface area contributed by atoms with Crippen molar-refractivity contribution in [2.24, 2.45) is 0 Å². The van der Waals surface area contributed by atoms with Crippen molar-refractivity contribution in [3.63, 3.8) is 0 Å². The maximum Gasteiger partial charge on any atom is 0.339 e. The van der Waals surface area contributed by atoms with Crippen LogP contribution in [0.4, 0.5) is 5.69 Å². The smallest absolute Gasteiger partial charge is 0.339 e. The molecule has 0 unspecified atom stereocenters. The number of carbonyl (C=O) groups is 3. The van der Waals surface area contributed by atoms with E-state index in [9.17, 15) is 14.4 Å². The normalized spacial score (nSPS) is 10.3. The van der Waals surface area contributed by atoms with Gasteiger partial charge >= 0.3 is 5.97 Å². The van der Waals surface area contributed by atoms with E-state index in [1.807, 2.05) is 42.5 Å². The highest BCUT2D eigenvalue weighted by molar-refractivity contribution is 8.00. The van der Waals surface area contributed by atoms with E-state index in [-0.39, 0.29) is 11.5 Å². The maximum absolute atomic E-state index is 12.4. The minimum atomic E-state index is -0.601. The van der Waals surface area contributed by atoms with Gasteiger partial charge in [0.2, 0.25) is 0 Å². The van der Waals surface area contributed by atoms with Gasteiger partial charge in [0, 0.05) is 10.6 Å². The predicted molar refractivity (Wildman–Crippen MR) is 119 cm³/mol. The fourth-order valence-electron chi connectivity index (χ4n) is 2.72. The Morgan fingerprint density at radius 3 is 2.17 bits per heavy atom. The highest BCUT2D eigenvalue weighted by atomic mass is 32.2. The van der Waals surface area contributed by atoms with E-state index in [4.69, 9.17) is 4.74 Å². The third-order valence-corrected chi connectivity index (χ3v) is 5.37. The summed E-state index contributed by atoms with van der Waals surface area (Å²) in [5.74, 6) is -0.745. The van der Waals surface area contributed by atoms with Gasteiger partial charge in [-0.1, -0.05) is 54.6 Å². The number of hydrogen-bond donors (Lipinski definition) is 1. The molecule has 6 heteroatoms. The van der Waals surface area contributed by atoms with Crippen LogP contribution >= 0.6 is 11.8 Å². The molecule has 0 bridgehead atoms. The third-order valence-electron chi connectivity index (χ3n) is 4.15. The summed E-state index contributed by atoms with van der Waals surface area (Å²) < 4.78 is 5.15. The monoisotopic (exact) mass is 419 g/mol. The average Bonchev–Trinajstić information content (AvgIpc) is 2.77. The van der Waals surface area contributed by atoms with Gasteiger partial charge in [0.25, 0.3) is 5.91 Å². The van der Waals surface area contributed by atoms with Crippen LogP contribution in [0.2, 0.25) is 0 Å². The lowest BCUT2D eigenvalue weighted by molar-refractivity contribution is -0.119. The van der Waals surface area contributed by atoms with Crippen LogP contribution in [0.5, 0.6) is 0 Å². The van der Waals surface area contributed by atoms with Crippen molar-refractivity contribution in [1.82, 2.24) is 0 Å². The Morgan fingerprint density at radius 1 is 0.833 bits per heavy atom. The van der Waals surface area contributed by atoms with E-state index in [1.165, 1.54) is 18.7 Å². The van der Waals surface area contributed by atoms with Crippen LogP contribution in [0.3, 0.4) is 0 Å². The SMILES string of the molecule is CC(=O)CSc1ccccc1C(=O)OCC(=O)Nc1ccc(-c2ccccc2)cc1. The molecule has 152 valence electrons. The molecule has 0 atom stereocenters. The summed E-state index contributed by atoms with van der Waals surface area (Å²) in [5, 5.41) is 2.72. The molecule has 0 saturated heterocycles. The molecule has 0 spiro atoms. The molecule has 0 aliphatic rings. The van der Waals surface area contributed by atoms with Crippen molar-refractivity contribution in [1.29, 1.82) is 0 Å². The van der Waals surface area contributed by atoms with E-state index in [2.05, 4.69) is 5.32 Å². The number of nitrogens with one attached hydrogen (secondary N) is 1. The van der Waals surface area contributed by atoms with E-state index in [1.54, 1.807) is 36.4 Å². The Hall–Kier alpha value is -3.38. The second-order valence-corrected chi connectivity index (χ2v) is 7.57. The minimum absolute atomic E-state index is 0.0147. The molecule has 0 fully saturated rings. The summed E-state index contributed by atoms with van der Waals surface area (Å²) in [4.78, 5) is 36.4. The summed E-state index contributed by atoms with van der Waals surface area (Å²) >= 11 is 1.27. The lowest BCUT2D eigenvalue weighted by atomic mass is 10.1. The second kappa shape index (κ2) is 10.4. The van der Waals surface area contributed by atoms with Gasteiger partial charge in [-0.3, -0.25) is 9.59 Å². The Kier molecular flexibility index (Phi) is 7.40. The molecule has 5 nitrogen and oxygen atoms in total. The number of anilines is 1. The Bertz CT molecular complexity index is 1030. The fraction of sp³-hybridized carbons (Fsp3) is 0.125. The number of esters is 1. The summed E-state index contributed by atoms with van der Waals surface area (Å²) in [6.45, 7) is 1.09. The first-order valence-electron chi connectivity index (χ1n) is 9.36. The minimum Gasteiger partial charge on any atom is -0.452 e. The van der Waals surface area contributed by atoms with Crippen molar-refractivity contribution in [3.05, 3.63) is 84.4 Å². The number of carbonyl (C=O) groups excluding carboxylic acids is 3. The molecule has 0 saturated carbocycles. The van der Waals surface area contributed by atoms with Crippen LogP contribution in [-0.4, -0.2) is 30.0 Å². The molecule has 0 radical (unpaired) electrons.